The highest BCUT2D eigenvalue weighted by molar-refractivity contribution is 9.10. The van der Waals surface area contributed by atoms with Crippen LogP contribution in [0.2, 0.25) is 0 Å². The lowest BCUT2D eigenvalue weighted by Crippen LogP contribution is -2.36. The predicted octanol–water partition coefficient (Wildman–Crippen LogP) is 4.05. The van der Waals surface area contributed by atoms with E-state index in [1.165, 1.54) is 27.6 Å². The topological polar surface area (TPSA) is 24.9 Å². The Morgan fingerprint density at radius 1 is 1.20 bits per heavy atom. The fourth-order valence-corrected chi connectivity index (χ4v) is 3.38. The number of fused-ring (bicyclic) bond motifs is 1. The largest absolute Gasteiger partial charge is 0.307 e. The second-order valence-corrected chi connectivity index (χ2v) is 6.44. The lowest BCUT2D eigenvalue weighted by atomic mass is 9.88. The van der Waals surface area contributed by atoms with Gasteiger partial charge in [0.25, 0.3) is 0 Å². The Morgan fingerprint density at radius 3 is 2.80 bits per heavy atom. The fourth-order valence-electron chi connectivity index (χ4n) is 2.97. The molecule has 1 aromatic carbocycles. The van der Waals surface area contributed by atoms with E-state index in [1.807, 2.05) is 12.4 Å². The number of nitrogens with zero attached hydrogens (tertiary/aromatic N) is 1. The van der Waals surface area contributed by atoms with Crippen molar-refractivity contribution in [3.8, 4) is 0 Å². The molecule has 0 spiro atoms. The van der Waals surface area contributed by atoms with Gasteiger partial charge in [-0.1, -0.05) is 22.0 Å². The van der Waals surface area contributed by atoms with E-state index in [4.69, 9.17) is 0 Å². The van der Waals surface area contributed by atoms with Crippen LogP contribution in [0.3, 0.4) is 0 Å². The third-order valence-electron chi connectivity index (χ3n) is 4.09. The van der Waals surface area contributed by atoms with Crippen molar-refractivity contribution in [2.45, 2.75) is 38.3 Å². The molecule has 1 heterocycles. The number of aryl methyl sites for hydroxylation is 1. The van der Waals surface area contributed by atoms with E-state index >= 15 is 0 Å². The number of pyridine rings is 1. The highest BCUT2D eigenvalue weighted by Crippen LogP contribution is 2.26. The summed E-state index contributed by atoms with van der Waals surface area (Å²) >= 11 is 3.55. The molecule has 0 amide bonds. The second kappa shape index (κ2) is 6.06. The minimum Gasteiger partial charge on any atom is -0.307 e. The normalized spacial score (nSPS) is 19.4. The van der Waals surface area contributed by atoms with Gasteiger partial charge in [0.2, 0.25) is 0 Å². The Morgan fingerprint density at radius 2 is 2.00 bits per heavy atom. The predicted molar refractivity (Wildman–Crippen MR) is 85.7 cm³/mol. The Labute approximate surface area is 128 Å². The molecule has 1 unspecified atom stereocenters. The number of rotatable bonds is 3. The molecular weight excluding hydrogens is 312 g/mol. The zero-order chi connectivity index (χ0) is 13.9. The van der Waals surface area contributed by atoms with Crippen molar-refractivity contribution < 1.29 is 0 Å². The molecule has 1 aliphatic rings. The number of aromatic nitrogens is 1. The molecule has 0 bridgehead atoms. The van der Waals surface area contributed by atoms with Crippen LogP contribution in [0.4, 0.5) is 0 Å². The standard InChI is InChI=1S/C17H19BrN2/c1-12(13-6-8-19-9-7-13)20-17-5-3-14-10-16(18)4-2-15(14)11-17/h2,4,6-10,12,17,20H,3,5,11H2,1H3/t12-,17?/m0/s1. The highest BCUT2D eigenvalue weighted by atomic mass is 79.9. The van der Waals surface area contributed by atoms with Gasteiger partial charge < -0.3 is 5.32 Å². The number of halogens is 1. The first-order valence-corrected chi connectivity index (χ1v) is 7.95. The van der Waals surface area contributed by atoms with E-state index in [0.717, 1.165) is 12.8 Å². The number of nitrogens with one attached hydrogen (secondary N) is 1. The first-order chi connectivity index (χ1) is 9.72. The summed E-state index contributed by atoms with van der Waals surface area (Å²) < 4.78 is 1.19. The summed E-state index contributed by atoms with van der Waals surface area (Å²) in [5, 5.41) is 3.75. The quantitative estimate of drug-likeness (QED) is 0.918. The van der Waals surface area contributed by atoms with Crippen LogP contribution in [0.5, 0.6) is 0 Å². The van der Waals surface area contributed by atoms with Gasteiger partial charge in [-0.15, -0.1) is 0 Å². The minimum absolute atomic E-state index is 0.375. The van der Waals surface area contributed by atoms with Crippen molar-refractivity contribution in [2.24, 2.45) is 0 Å². The summed E-state index contributed by atoms with van der Waals surface area (Å²) in [6.45, 7) is 2.23. The number of hydrogen-bond donors (Lipinski definition) is 1. The first kappa shape index (κ1) is 13.8. The molecule has 1 N–H and O–H groups in total. The van der Waals surface area contributed by atoms with Gasteiger partial charge in [-0.3, -0.25) is 4.98 Å². The molecule has 0 saturated carbocycles. The van der Waals surface area contributed by atoms with Gasteiger partial charge in [0.15, 0.2) is 0 Å². The molecule has 0 saturated heterocycles. The van der Waals surface area contributed by atoms with Crippen LogP contribution in [-0.4, -0.2) is 11.0 Å². The third kappa shape index (κ3) is 3.10. The van der Waals surface area contributed by atoms with Crippen molar-refractivity contribution in [2.75, 3.05) is 0 Å². The Kier molecular flexibility index (Phi) is 4.18. The molecule has 0 radical (unpaired) electrons. The average Bonchev–Trinajstić information content (AvgIpc) is 2.48. The Bertz CT molecular complexity index is 583. The lowest BCUT2D eigenvalue weighted by molar-refractivity contribution is 0.413. The zero-order valence-electron chi connectivity index (χ0n) is 11.6. The highest BCUT2D eigenvalue weighted by Gasteiger charge is 2.20. The molecule has 104 valence electrons. The van der Waals surface area contributed by atoms with Crippen molar-refractivity contribution >= 4 is 15.9 Å². The maximum atomic E-state index is 4.08. The van der Waals surface area contributed by atoms with Gasteiger partial charge in [-0.05, 0) is 67.1 Å². The Balaban J connectivity index is 1.67. The van der Waals surface area contributed by atoms with Gasteiger partial charge >= 0.3 is 0 Å². The molecule has 0 aliphatic heterocycles. The van der Waals surface area contributed by atoms with Gasteiger partial charge in [-0.2, -0.15) is 0 Å². The molecule has 1 aromatic heterocycles. The Hall–Kier alpha value is -1.19. The summed E-state index contributed by atoms with van der Waals surface area (Å²) in [5.74, 6) is 0. The van der Waals surface area contributed by atoms with Gasteiger partial charge in [0, 0.05) is 29.0 Å². The van der Waals surface area contributed by atoms with Crippen LogP contribution >= 0.6 is 15.9 Å². The minimum atomic E-state index is 0.375. The van der Waals surface area contributed by atoms with Crippen molar-refractivity contribution in [1.29, 1.82) is 0 Å². The van der Waals surface area contributed by atoms with Crippen molar-refractivity contribution in [3.63, 3.8) is 0 Å². The summed E-state index contributed by atoms with van der Waals surface area (Å²) in [6, 6.07) is 11.8. The average molecular weight is 331 g/mol. The van der Waals surface area contributed by atoms with Crippen LogP contribution in [0, 0.1) is 0 Å². The molecular formula is C17H19BrN2. The SMILES string of the molecule is C[C@H](NC1CCc2cc(Br)ccc2C1)c1ccncc1. The molecule has 3 rings (SSSR count). The smallest absolute Gasteiger partial charge is 0.0295 e. The van der Waals surface area contributed by atoms with Crippen molar-refractivity contribution in [1.82, 2.24) is 10.3 Å². The van der Waals surface area contributed by atoms with E-state index in [2.05, 4.69) is 63.5 Å². The van der Waals surface area contributed by atoms with Crippen LogP contribution in [-0.2, 0) is 12.8 Å². The van der Waals surface area contributed by atoms with Crippen LogP contribution in [0.15, 0.2) is 47.2 Å². The summed E-state index contributed by atoms with van der Waals surface area (Å²) in [7, 11) is 0. The monoisotopic (exact) mass is 330 g/mol. The lowest BCUT2D eigenvalue weighted by Gasteiger charge is -2.28. The van der Waals surface area contributed by atoms with Crippen molar-refractivity contribution in [3.05, 3.63) is 63.9 Å². The summed E-state index contributed by atoms with van der Waals surface area (Å²) in [4.78, 5) is 4.08. The zero-order valence-corrected chi connectivity index (χ0v) is 13.2. The maximum Gasteiger partial charge on any atom is 0.0295 e. The second-order valence-electron chi connectivity index (χ2n) is 5.52. The molecule has 2 atom stereocenters. The van der Waals surface area contributed by atoms with Gasteiger partial charge in [-0.25, -0.2) is 0 Å². The van der Waals surface area contributed by atoms with Crippen LogP contribution in [0.1, 0.15) is 36.1 Å². The maximum absolute atomic E-state index is 4.08. The van der Waals surface area contributed by atoms with Gasteiger partial charge in [0.1, 0.15) is 0 Å². The number of hydrogen-bond acceptors (Lipinski definition) is 2. The summed E-state index contributed by atoms with van der Waals surface area (Å²) in [6.07, 6.45) is 7.22. The van der Waals surface area contributed by atoms with Crippen LogP contribution in [0.25, 0.3) is 0 Å². The van der Waals surface area contributed by atoms with E-state index in [1.54, 1.807) is 0 Å². The van der Waals surface area contributed by atoms with E-state index in [9.17, 15) is 0 Å². The first-order valence-electron chi connectivity index (χ1n) is 7.15. The van der Waals surface area contributed by atoms with Crippen LogP contribution < -0.4 is 5.32 Å². The number of benzene rings is 1. The molecule has 2 nitrogen and oxygen atoms in total. The molecule has 2 aromatic rings. The molecule has 1 aliphatic carbocycles. The van der Waals surface area contributed by atoms with Gasteiger partial charge in [0.05, 0.1) is 0 Å². The third-order valence-corrected chi connectivity index (χ3v) is 4.58. The fraction of sp³-hybridized carbons (Fsp3) is 0.353. The summed E-state index contributed by atoms with van der Waals surface area (Å²) in [5.41, 5.74) is 4.29. The molecule has 20 heavy (non-hydrogen) atoms. The molecule has 0 fully saturated rings. The molecule has 3 heteroatoms. The van der Waals surface area contributed by atoms with E-state index in [0.29, 0.717) is 12.1 Å². The van der Waals surface area contributed by atoms with E-state index < -0.39 is 0 Å². The van der Waals surface area contributed by atoms with E-state index in [-0.39, 0.29) is 0 Å².